The molecule has 0 saturated carbocycles. The normalized spacial score (nSPS) is 13.6. The molecule has 60 heavy (non-hydrogen) atoms. The van der Waals surface area contributed by atoms with Crippen molar-refractivity contribution in [1.82, 2.24) is 0 Å². The summed E-state index contributed by atoms with van der Waals surface area (Å²) in [6, 6.07) is 43.5. The number of ketones is 4. The van der Waals surface area contributed by atoms with E-state index in [9.17, 15) is 19.2 Å². The number of fused-ring (bicyclic) bond motifs is 9. The van der Waals surface area contributed by atoms with Crippen LogP contribution in [0.3, 0.4) is 0 Å². The van der Waals surface area contributed by atoms with Gasteiger partial charge >= 0.3 is 0 Å². The lowest BCUT2D eigenvalue weighted by molar-refractivity contribution is 0.0979. The van der Waals surface area contributed by atoms with Gasteiger partial charge in [-0.3, -0.25) is 19.2 Å². The Kier molecular flexibility index (Phi) is 12.4. The minimum absolute atomic E-state index is 0.0301. The fourth-order valence-corrected chi connectivity index (χ4v) is 9.10. The first-order valence-electron chi connectivity index (χ1n) is 21.9. The van der Waals surface area contributed by atoms with E-state index in [-0.39, 0.29) is 23.1 Å². The Balaban J connectivity index is 0.000000125. The molecule has 0 atom stereocenters. The van der Waals surface area contributed by atoms with Crippen LogP contribution in [0.15, 0.2) is 133 Å². The van der Waals surface area contributed by atoms with Crippen LogP contribution in [0.4, 0.5) is 0 Å². The zero-order valence-electron chi connectivity index (χ0n) is 34.8. The van der Waals surface area contributed by atoms with Crippen LogP contribution in [-0.2, 0) is 25.7 Å². The molecule has 3 aliphatic rings. The third kappa shape index (κ3) is 8.16. The van der Waals surface area contributed by atoms with Gasteiger partial charge in [-0.05, 0) is 107 Å². The van der Waals surface area contributed by atoms with E-state index in [4.69, 9.17) is 0 Å². The third-order valence-electron chi connectivity index (χ3n) is 12.4. The van der Waals surface area contributed by atoms with Crippen molar-refractivity contribution in [2.45, 2.75) is 90.9 Å². The number of benzene rings is 7. The topological polar surface area (TPSA) is 68.3 Å². The molecule has 0 spiro atoms. The highest BCUT2D eigenvalue weighted by molar-refractivity contribution is 6.29. The molecule has 7 aromatic carbocycles. The highest BCUT2D eigenvalue weighted by atomic mass is 16.1. The van der Waals surface area contributed by atoms with Crippen LogP contribution in [0.1, 0.15) is 151 Å². The van der Waals surface area contributed by atoms with Crippen LogP contribution in [0.2, 0.25) is 0 Å². The molecule has 300 valence electrons. The number of aryl methyl sites for hydroxylation is 4. The van der Waals surface area contributed by atoms with E-state index in [2.05, 4.69) is 62.4 Å². The van der Waals surface area contributed by atoms with Crippen molar-refractivity contribution in [2.75, 3.05) is 0 Å². The van der Waals surface area contributed by atoms with Crippen LogP contribution in [0.25, 0.3) is 21.5 Å². The molecule has 7 aromatic rings. The Bertz CT molecular complexity index is 2640. The van der Waals surface area contributed by atoms with Crippen LogP contribution in [0, 0.1) is 0 Å². The first kappa shape index (κ1) is 40.5. The Labute approximate surface area is 353 Å². The molecule has 0 N–H and O–H groups in total. The lowest BCUT2D eigenvalue weighted by atomic mass is 9.83. The molecule has 0 aromatic heterocycles. The molecule has 4 heteroatoms. The van der Waals surface area contributed by atoms with Crippen molar-refractivity contribution in [3.8, 4) is 0 Å². The maximum atomic E-state index is 12.6. The second-order valence-electron chi connectivity index (χ2n) is 16.4. The first-order chi connectivity index (χ1) is 29.4. The molecule has 0 radical (unpaired) electrons. The van der Waals surface area contributed by atoms with Crippen LogP contribution in [-0.4, -0.2) is 23.1 Å². The van der Waals surface area contributed by atoms with E-state index in [1.165, 1.54) is 72.9 Å². The van der Waals surface area contributed by atoms with Gasteiger partial charge in [0.25, 0.3) is 0 Å². The van der Waals surface area contributed by atoms with Crippen molar-refractivity contribution in [3.05, 3.63) is 200 Å². The highest BCUT2D eigenvalue weighted by Gasteiger charge is 2.30. The molecule has 0 fully saturated rings. The summed E-state index contributed by atoms with van der Waals surface area (Å²) in [5.41, 5.74) is 9.76. The summed E-state index contributed by atoms with van der Waals surface area (Å²) in [5.74, 6) is -0.143. The summed E-state index contributed by atoms with van der Waals surface area (Å²) in [5, 5.41) is 5.64. The van der Waals surface area contributed by atoms with Crippen molar-refractivity contribution in [1.29, 1.82) is 0 Å². The van der Waals surface area contributed by atoms with Gasteiger partial charge in [-0.2, -0.15) is 0 Å². The number of hydrogen-bond acceptors (Lipinski definition) is 4. The molecule has 0 aliphatic heterocycles. The van der Waals surface area contributed by atoms with Gasteiger partial charge in [-0.25, -0.2) is 0 Å². The van der Waals surface area contributed by atoms with Crippen molar-refractivity contribution in [2.24, 2.45) is 0 Å². The summed E-state index contributed by atoms with van der Waals surface area (Å²) in [6.45, 7) is 4.35. The summed E-state index contributed by atoms with van der Waals surface area (Å²) >= 11 is 0. The van der Waals surface area contributed by atoms with E-state index in [1.807, 2.05) is 36.4 Å². The van der Waals surface area contributed by atoms with Crippen LogP contribution in [0.5, 0.6) is 0 Å². The molecule has 0 heterocycles. The average molecular weight is 789 g/mol. The largest absolute Gasteiger partial charge is 0.289 e. The second kappa shape index (κ2) is 18.3. The fourth-order valence-electron chi connectivity index (χ4n) is 9.10. The van der Waals surface area contributed by atoms with Crippen molar-refractivity contribution in [3.63, 3.8) is 0 Å². The molecule has 3 aliphatic carbocycles. The number of carbonyl (C=O) groups is 4. The number of carbonyl (C=O) groups excluding carboxylic acids is 4. The molecular formula is C56H52O4. The maximum absolute atomic E-state index is 12.6. The smallest absolute Gasteiger partial charge is 0.194 e. The Morgan fingerprint density at radius 2 is 0.833 bits per heavy atom. The Morgan fingerprint density at radius 3 is 1.37 bits per heavy atom. The molecule has 0 saturated heterocycles. The van der Waals surface area contributed by atoms with Gasteiger partial charge in [0.15, 0.2) is 23.1 Å². The second-order valence-corrected chi connectivity index (χ2v) is 16.4. The predicted molar refractivity (Wildman–Crippen MR) is 244 cm³/mol. The molecule has 4 nitrogen and oxygen atoms in total. The van der Waals surface area contributed by atoms with Crippen LogP contribution < -0.4 is 0 Å². The van der Waals surface area contributed by atoms with Crippen LogP contribution >= 0.6 is 0 Å². The summed E-state index contributed by atoms with van der Waals surface area (Å²) in [7, 11) is 0. The van der Waals surface area contributed by atoms with E-state index in [1.54, 1.807) is 59.7 Å². The van der Waals surface area contributed by atoms with Gasteiger partial charge in [0.1, 0.15) is 0 Å². The van der Waals surface area contributed by atoms with Gasteiger partial charge in [0, 0.05) is 44.5 Å². The minimum atomic E-state index is -0.0414. The molecule has 0 unspecified atom stereocenters. The highest BCUT2D eigenvalue weighted by Crippen LogP contribution is 2.34. The zero-order valence-corrected chi connectivity index (χ0v) is 34.8. The predicted octanol–water partition coefficient (Wildman–Crippen LogP) is 13.3. The third-order valence-corrected chi connectivity index (χ3v) is 12.4. The number of rotatable bonds is 8. The summed E-state index contributed by atoms with van der Waals surface area (Å²) in [6.07, 6.45) is 14.1. The minimum Gasteiger partial charge on any atom is -0.289 e. The monoisotopic (exact) mass is 788 g/mol. The maximum Gasteiger partial charge on any atom is 0.194 e. The van der Waals surface area contributed by atoms with Crippen molar-refractivity contribution >= 4 is 44.7 Å². The lowest BCUT2D eigenvalue weighted by Gasteiger charge is -2.18. The summed E-state index contributed by atoms with van der Waals surface area (Å²) < 4.78 is 0. The lowest BCUT2D eigenvalue weighted by Crippen LogP contribution is -2.20. The zero-order chi connectivity index (χ0) is 41.6. The van der Waals surface area contributed by atoms with Gasteiger partial charge in [-0.1, -0.05) is 161 Å². The van der Waals surface area contributed by atoms with E-state index in [0.717, 1.165) is 36.8 Å². The molecule has 10 rings (SSSR count). The quantitative estimate of drug-likeness (QED) is 0.114. The van der Waals surface area contributed by atoms with Gasteiger partial charge in [0.05, 0.1) is 0 Å². The van der Waals surface area contributed by atoms with E-state index in [0.29, 0.717) is 44.5 Å². The molecule has 0 amide bonds. The Hall–Kier alpha value is -6.26. The average Bonchev–Trinajstić information content (AvgIpc) is 3.30. The first-order valence-corrected chi connectivity index (χ1v) is 21.9. The number of unbranched alkanes of at least 4 members (excludes halogenated alkanes) is 4. The SMILES string of the molecule is CCCCCc1ccc2c(c1)C(=O)c1ccccc1C2=O.CCCCCc1ccc2c(c1)C(=O)c1ccccc1C2=O.c1ccc2c(c1)ccc1c3c(ccc12)CCCC3. The van der Waals surface area contributed by atoms with Gasteiger partial charge in [0.2, 0.25) is 0 Å². The van der Waals surface area contributed by atoms with Gasteiger partial charge < -0.3 is 0 Å². The molecule has 0 bridgehead atoms. The fraction of sp³-hybridized carbons (Fsp3) is 0.250. The van der Waals surface area contributed by atoms with E-state index < -0.39 is 0 Å². The van der Waals surface area contributed by atoms with E-state index >= 15 is 0 Å². The van der Waals surface area contributed by atoms with Crippen molar-refractivity contribution < 1.29 is 19.2 Å². The Morgan fingerprint density at radius 1 is 0.383 bits per heavy atom. The molecular weight excluding hydrogens is 737 g/mol. The standard InChI is InChI=1S/2C19H18O2.C18H16/c2*1-2-3-4-7-13-10-11-16-17(12-13)19(21)15-9-6-5-8-14(15)18(16)20;1-3-7-15-13(5-1)9-11-18-16-8-4-2-6-14(16)10-12-17(15)18/h2*5-6,8-12H,2-4,7H2,1H3;1,3,5,7,9-12H,2,4,6,8H2. The van der Waals surface area contributed by atoms with Gasteiger partial charge in [-0.15, -0.1) is 0 Å². The number of hydrogen-bond donors (Lipinski definition) is 0. The summed E-state index contributed by atoms with van der Waals surface area (Å²) in [4.78, 5) is 50.1.